The van der Waals surface area contributed by atoms with Gasteiger partial charge in [-0.25, -0.2) is 0 Å². The van der Waals surface area contributed by atoms with Gasteiger partial charge in [0.1, 0.15) is 0 Å². The summed E-state index contributed by atoms with van der Waals surface area (Å²) in [7, 11) is 0. The van der Waals surface area contributed by atoms with Crippen LogP contribution in [0.4, 0.5) is 0 Å². The third-order valence-corrected chi connectivity index (χ3v) is 5.92. The minimum Gasteiger partial charge on any atom is -0.466 e. The first-order valence-electron chi connectivity index (χ1n) is 13.3. The molecule has 0 rings (SSSR count). The van der Waals surface area contributed by atoms with Crippen molar-refractivity contribution >= 4 is 11.9 Å². The lowest BCUT2D eigenvalue weighted by Gasteiger charge is -2.19. The van der Waals surface area contributed by atoms with Crippen LogP contribution in [-0.2, 0) is 19.1 Å². The molecule has 0 saturated carbocycles. The van der Waals surface area contributed by atoms with Crippen LogP contribution in [0.25, 0.3) is 0 Å². The summed E-state index contributed by atoms with van der Waals surface area (Å²) in [5.74, 6) is 0.412. The van der Waals surface area contributed by atoms with Gasteiger partial charge in [-0.15, -0.1) is 0 Å². The van der Waals surface area contributed by atoms with E-state index in [1.54, 1.807) is 0 Å². The molecule has 0 aliphatic heterocycles. The van der Waals surface area contributed by atoms with Gasteiger partial charge in [0, 0.05) is 6.42 Å². The van der Waals surface area contributed by atoms with Crippen LogP contribution >= 0.6 is 0 Å². The van der Waals surface area contributed by atoms with E-state index in [0.29, 0.717) is 25.6 Å². The van der Waals surface area contributed by atoms with Gasteiger partial charge in [-0.1, -0.05) is 105 Å². The first-order valence-corrected chi connectivity index (χ1v) is 13.3. The summed E-state index contributed by atoms with van der Waals surface area (Å²) < 4.78 is 10.4. The summed E-state index contributed by atoms with van der Waals surface area (Å²) in [4.78, 5) is 23.5. The highest BCUT2D eigenvalue weighted by molar-refractivity contribution is 5.72. The molecule has 0 aliphatic rings. The predicted molar refractivity (Wildman–Crippen MR) is 130 cm³/mol. The first kappa shape index (κ1) is 29.9. The van der Waals surface area contributed by atoms with Crippen molar-refractivity contribution in [1.29, 1.82) is 0 Å². The zero-order valence-electron chi connectivity index (χ0n) is 21.2. The fourth-order valence-corrected chi connectivity index (χ4v) is 3.90. The maximum Gasteiger partial charge on any atom is 0.309 e. The van der Waals surface area contributed by atoms with Gasteiger partial charge in [0.05, 0.1) is 19.1 Å². The molecule has 4 heteroatoms. The molecule has 0 aromatic rings. The normalized spacial score (nSPS) is 12.2. The molecule has 184 valence electrons. The van der Waals surface area contributed by atoms with Gasteiger partial charge < -0.3 is 9.47 Å². The lowest BCUT2D eigenvalue weighted by Crippen LogP contribution is -2.23. The van der Waals surface area contributed by atoms with Crippen molar-refractivity contribution in [2.45, 2.75) is 137 Å². The van der Waals surface area contributed by atoms with Crippen LogP contribution in [-0.4, -0.2) is 25.2 Å². The summed E-state index contributed by atoms with van der Waals surface area (Å²) >= 11 is 0. The molecule has 0 aromatic carbocycles. The van der Waals surface area contributed by atoms with Crippen LogP contribution in [0.2, 0.25) is 0 Å². The maximum atomic E-state index is 12.1. The fourth-order valence-electron chi connectivity index (χ4n) is 3.90. The van der Waals surface area contributed by atoms with Crippen molar-refractivity contribution in [3.63, 3.8) is 0 Å². The van der Waals surface area contributed by atoms with E-state index in [1.165, 1.54) is 64.2 Å². The van der Waals surface area contributed by atoms with Crippen molar-refractivity contribution in [2.24, 2.45) is 11.8 Å². The molecule has 0 amide bonds. The highest BCUT2D eigenvalue weighted by atomic mass is 16.5. The molecule has 0 bridgehead atoms. The quantitative estimate of drug-likeness (QED) is 0.126. The fraction of sp³-hybridized carbons (Fsp3) is 0.926. The van der Waals surface area contributed by atoms with E-state index < -0.39 is 0 Å². The van der Waals surface area contributed by atoms with E-state index >= 15 is 0 Å². The van der Waals surface area contributed by atoms with Gasteiger partial charge in [-0.05, 0) is 31.6 Å². The minimum atomic E-state index is -0.0314. The SMILES string of the molecule is CCCOC(=O)CCCCCCCCCCCCCCCC(C(=O)OCCC)C(C)C. The second kappa shape index (κ2) is 22.1. The number of rotatable bonds is 22. The highest BCUT2D eigenvalue weighted by Crippen LogP contribution is 2.21. The Hall–Kier alpha value is -1.06. The molecular formula is C27H52O4. The van der Waals surface area contributed by atoms with Gasteiger partial charge in [0.15, 0.2) is 0 Å². The average molecular weight is 441 g/mol. The zero-order chi connectivity index (χ0) is 23.2. The van der Waals surface area contributed by atoms with Gasteiger partial charge in [0.2, 0.25) is 0 Å². The van der Waals surface area contributed by atoms with Crippen molar-refractivity contribution < 1.29 is 19.1 Å². The molecule has 0 N–H and O–H groups in total. The first-order chi connectivity index (χ1) is 15.0. The zero-order valence-corrected chi connectivity index (χ0v) is 21.2. The highest BCUT2D eigenvalue weighted by Gasteiger charge is 2.22. The third-order valence-electron chi connectivity index (χ3n) is 5.92. The van der Waals surface area contributed by atoms with Gasteiger partial charge >= 0.3 is 11.9 Å². The molecule has 0 aliphatic carbocycles. The van der Waals surface area contributed by atoms with E-state index in [9.17, 15) is 9.59 Å². The van der Waals surface area contributed by atoms with Gasteiger partial charge in [0.25, 0.3) is 0 Å². The largest absolute Gasteiger partial charge is 0.466 e. The van der Waals surface area contributed by atoms with Crippen LogP contribution in [0.15, 0.2) is 0 Å². The number of unbranched alkanes of at least 4 members (excludes halogenated alkanes) is 12. The van der Waals surface area contributed by atoms with Crippen molar-refractivity contribution in [1.82, 2.24) is 0 Å². The summed E-state index contributed by atoms with van der Waals surface area (Å²) in [6, 6.07) is 0. The summed E-state index contributed by atoms with van der Waals surface area (Å²) in [5, 5.41) is 0. The van der Waals surface area contributed by atoms with Crippen LogP contribution in [0.3, 0.4) is 0 Å². The van der Waals surface area contributed by atoms with E-state index in [1.807, 2.05) is 13.8 Å². The Kier molecular flexibility index (Phi) is 21.4. The summed E-state index contributed by atoms with van der Waals surface area (Å²) in [6.07, 6.45) is 19.7. The minimum absolute atomic E-state index is 0.00586. The Morgan fingerprint density at radius 3 is 1.48 bits per heavy atom. The van der Waals surface area contributed by atoms with E-state index in [0.717, 1.165) is 38.5 Å². The number of ether oxygens (including phenoxy) is 2. The van der Waals surface area contributed by atoms with Crippen LogP contribution < -0.4 is 0 Å². The molecule has 0 saturated heterocycles. The molecule has 0 heterocycles. The topological polar surface area (TPSA) is 52.6 Å². The predicted octanol–water partition coefficient (Wildman–Crippen LogP) is 8.02. The van der Waals surface area contributed by atoms with Crippen molar-refractivity contribution in [2.75, 3.05) is 13.2 Å². The van der Waals surface area contributed by atoms with E-state index in [2.05, 4.69) is 13.8 Å². The van der Waals surface area contributed by atoms with Crippen LogP contribution in [0.5, 0.6) is 0 Å². The molecular weight excluding hydrogens is 388 g/mol. The average Bonchev–Trinajstić information content (AvgIpc) is 2.75. The molecule has 0 spiro atoms. The molecule has 1 unspecified atom stereocenters. The Morgan fingerprint density at radius 2 is 1.03 bits per heavy atom. The van der Waals surface area contributed by atoms with Crippen molar-refractivity contribution in [3.05, 3.63) is 0 Å². The molecule has 0 aromatic heterocycles. The number of esters is 2. The second-order valence-electron chi connectivity index (χ2n) is 9.37. The molecule has 0 radical (unpaired) electrons. The van der Waals surface area contributed by atoms with Crippen LogP contribution in [0, 0.1) is 11.8 Å². The van der Waals surface area contributed by atoms with E-state index in [4.69, 9.17) is 9.47 Å². The van der Waals surface area contributed by atoms with Gasteiger partial charge in [-0.3, -0.25) is 9.59 Å². The molecule has 4 nitrogen and oxygen atoms in total. The number of hydrogen-bond acceptors (Lipinski definition) is 4. The molecule has 0 fully saturated rings. The lowest BCUT2D eigenvalue weighted by atomic mass is 9.90. The summed E-state index contributed by atoms with van der Waals surface area (Å²) in [5.41, 5.74) is 0. The van der Waals surface area contributed by atoms with Crippen LogP contribution in [0.1, 0.15) is 137 Å². The number of carbonyl (C=O) groups is 2. The maximum absolute atomic E-state index is 12.1. The second-order valence-corrected chi connectivity index (χ2v) is 9.37. The van der Waals surface area contributed by atoms with Gasteiger partial charge in [-0.2, -0.15) is 0 Å². The Bertz CT molecular complexity index is 419. The molecule has 1 atom stereocenters. The van der Waals surface area contributed by atoms with Crippen molar-refractivity contribution in [3.8, 4) is 0 Å². The molecule has 31 heavy (non-hydrogen) atoms. The third kappa shape index (κ3) is 19.4. The Balaban J connectivity index is 3.41. The number of hydrogen-bond donors (Lipinski definition) is 0. The standard InChI is InChI=1S/C27H52O4/c1-5-22-30-26(28)21-19-17-15-13-11-9-7-8-10-12-14-16-18-20-25(24(3)4)27(29)31-23-6-2/h24-25H,5-23H2,1-4H3. The Morgan fingerprint density at radius 1 is 0.613 bits per heavy atom. The number of carbonyl (C=O) groups excluding carboxylic acids is 2. The Labute approximate surface area is 193 Å². The smallest absolute Gasteiger partial charge is 0.309 e. The monoisotopic (exact) mass is 440 g/mol. The van der Waals surface area contributed by atoms with E-state index in [-0.39, 0.29) is 17.9 Å². The lowest BCUT2D eigenvalue weighted by molar-refractivity contribution is -0.150. The summed E-state index contributed by atoms with van der Waals surface area (Å²) in [6.45, 7) is 9.43.